The number of nitrogens with zero attached hydrogens (tertiary/aromatic N) is 1. The Morgan fingerprint density at radius 2 is 1.72 bits per heavy atom. The zero-order valence-electron chi connectivity index (χ0n) is 22.0. The number of amides is 2. The van der Waals surface area contributed by atoms with Gasteiger partial charge in [-0.3, -0.25) is 9.59 Å². The molecule has 9 nitrogen and oxygen atoms in total. The second kappa shape index (κ2) is 12.8. The highest BCUT2D eigenvalue weighted by molar-refractivity contribution is 7.89. The normalized spacial score (nSPS) is 15.5. The van der Waals surface area contributed by atoms with Crippen LogP contribution < -0.4 is 24.4 Å². The number of sulfonamides is 1. The van der Waals surface area contributed by atoms with Gasteiger partial charge in [0.05, 0.1) is 17.1 Å². The van der Waals surface area contributed by atoms with Crippen molar-refractivity contribution < 1.29 is 27.5 Å². The zero-order chi connectivity index (χ0) is 27.8. The quantitative estimate of drug-likeness (QED) is 0.378. The molecule has 1 heterocycles. The predicted octanol–water partition coefficient (Wildman–Crippen LogP) is 3.30. The van der Waals surface area contributed by atoms with Crippen LogP contribution in [-0.2, 0) is 26.0 Å². The van der Waals surface area contributed by atoms with Crippen LogP contribution >= 0.6 is 0 Å². The summed E-state index contributed by atoms with van der Waals surface area (Å²) in [7, 11) is -3.64. The Hall–Kier alpha value is -3.89. The molecule has 0 saturated carbocycles. The summed E-state index contributed by atoms with van der Waals surface area (Å²) in [4.78, 5) is 27.7. The fraction of sp³-hybridized carbons (Fsp3) is 0.310. The van der Waals surface area contributed by atoms with Gasteiger partial charge in [0.15, 0.2) is 12.7 Å². The fourth-order valence-corrected chi connectivity index (χ4v) is 5.38. The highest BCUT2D eigenvalue weighted by Crippen LogP contribution is 2.33. The number of anilines is 1. The number of rotatable bonds is 11. The number of hydrogen-bond donors (Lipinski definition) is 2. The van der Waals surface area contributed by atoms with Gasteiger partial charge in [0, 0.05) is 12.6 Å². The third kappa shape index (κ3) is 7.36. The molecule has 3 aromatic rings. The fourth-order valence-electron chi connectivity index (χ4n) is 4.05. The van der Waals surface area contributed by atoms with Gasteiger partial charge in [-0.25, -0.2) is 13.1 Å². The maximum atomic E-state index is 13.2. The molecule has 0 saturated heterocycles. The molecule has 1 aliphatic rings. The lowest BCUT2D eigenvalue weighted by atomic mass is 10.1. The van der Waals surface area contributed by atoms with Gasteiger partial charge in [-0.05, 0) is 61.7 Å². The molecular weight excluding hydrogens is 518 g/mol. The molecule has 1 aliphatic heterocycles. The minimum Gasteiger partial charge on any atom is -0.484 e. The molecule has 10 heteroatoms. The largest absolute Gasteiger partial charge is 0.484 e. The van der Waals surface area contributed by atoms with E-state index in [1.165, 1.54) is 29.2 Å². The number of fused-ring (bicyclic) bond motifs is 1. The molecule has 0 spiro atoms. The summed E-state index contributed by atoms with van der Waals surface area (Å²) in [6.07, 6.45) is 0.478. The van der Waals surface area contributed by atoms with Gasteiger partial charge in [0.2, 0.25) is 10.0 Å². The molecule has 0 bridgehead atoms. The summed E-state index contributed by atoms with van der Waals surface area (Å²) in [5.74, 6) is 0.121. The van der Waals surface area contributed by atoms with E-state index in [0.29, 0.717) is 36.6 Å². The van der Waals surface area contributed by atoms with E-state index in [0.717, 1.165) is 5.56 Å². The maximum absolute atomic E-state index is 13.2. The Bertz CT molecular complexity index is 1380. The van der Waals surface area contributed by atoms with Crippen molar-refractivity contribution in [3.63, 3.8) is 0 Å². The van der Waals surface area contributed by atoms with E-state index >= 15 is 0 Å². The summed E-state index contributed by atoms with van der Waals surface area (Å²) < 4.78 is 39.1. The number of nitrogens with one attached hydrogen (secondary N) is 2. The lowest BCUT2D eigenvalue weighted by Gasteiger charge is -2.34. The lowest BCUT2D eigenvalue weighted by Crippen LogP contribution is -2.52. The van der Waals surface area contributed by atoms with Gasteiger partial charge in [-0.1, -0.05) is 49.4 Å². The van der Waals surface area contributed by atoms with Crippen LogP contribution in [0.25, 0.3) is 0 Å². The van der Waals surface area contributed by atoms with Crippen LogP contribution in [0.2, 0.25) is 0 Å². The monoisotopic (exact) mass is 551 g/mol. The first-order valence-corrected chi connectivity index (χ1v) is 14.4. The van der Waals surface area contributed by atoms with Crippen LogP contribution in [0.3, 0.4) is 0 Å². The SMILES string of the molecule is CC[C@@H](C)NS(=O)(=O)c1ccc(OCC(=O)N2C[C@H](C(=O)NCCc3ccccc3)Oc3ccccc32)cc1. The molecule has 0 aromatic heterocycles. The van der Waals surface area contributed by atoms with E-state index in [1.54, 1.807) is 31.2 Å². The molecule has 4 rings (SSSR count). The molecule has 2 amide bonds. The summed E-state index contributed by atoms with van der Waals surface area (Å²) in [6, 6.07) is 22.6. The Balaban J connectivity index is 1.37. The van der Waals surface area contributed by atoms with E-state index < -0.39 is 16.1 Å². The van der Waals surface area contributed by atoms with Crippen molar-refractivity contribution in [3.05, 3.63) is 84.4 Å². The van der Waals surface area contributed by atoms with Crippen molar-refractivity contribution in [1.29, 1.82) is 0 Å². The minimum atomic E-state index is -3.64. The van der Waals surface area contributed by atoms with Crippen LogP contribution in [0.15, 0.2) is 83.8 Å². The number of ether oxygens (including phenoxy) is 2. The van der Waals surface area contributed by atoms with E-state index in [-0.39, 0.29) is 35.9 Å². The van der Waals surface area contributed by atoms with Crippen molar-refractivity contribution in [2.75, 3.05) is 24.6 Å². The number of hydrogen-bond acceptors (Lipinski definition) is 6. The smallest absolute Gasteiger partial charge is 0.265 e. The highest BCUT2D eigenvalue weighted by atomic mass is 32.2. The minimum absolute atomic E-state index is 0.0365. The molecule has 0 fully saturated rings. The Kier molecular flexibility index (Phi) is 9.21. The standard InChI is InChI=1S/C29H33N3O6S/c1-3-21(2)31-39(35,36)24-15-13-23(14-16-24)37-20-28(33)32-19-27(38-26-12-8-7-11-25(26)32)29(34)30-18-17-22-9-5-4-6-10-22/h4-16,21,27,31H,3,17-20H2,1-2H3,(H,30,34)/t21-,27-/m1/s1. The van der Waals surface area contributed by atoms with Crippen molar-refractivity contribution in [2.24, 2.45) is 0 Å². The Morgan fingerprint density at radius 1 is 1.03 bits per heavy atom. The summed E-state index contributed by atoms with van der Waals surface area (Å²) >= 11 is 0. The second-order valence-corrected chi connectivity index (χ2v) is 11.0. The third-order valence-corrected chi connectivity index (χ3v) is 7.99. The van der Waals surface area contributed by atoms with Crippen molar-refractivity contribution in [2.45, 2.75) is 43.7 Å². The van der Waals surface area contributed by atoms with E-state index in [9.17, 15) is 18.0 Å². The first kappa shape index (κ1) is 28.1. The average molecular weight is 552 g/mol. The number of carbonyl (C=O) groups is 2. The zero-order valence-corrected chi connectivity index (χ0v) is 22.8. The van der Waals surface area contributed by atoms with Gasteiger partial charge in [-0.15, -0.1) is 0 Å². The number of carbonyl (C=O) groups excluding carboxylic acids is 2. The summed E-state index contributed by atoms with van der Waals surface area (Å²) in [5, 5.41) is 2.89. The summed E-state index contributed by atoms with van der Waals surface area (Å²) in [5.41, 5.74) is 1.66. The first-order valence-electron chi connectivity index (χ1n) is 12.9. The molecule has 0 unspecified atom stereocenters. The maximum Gasteiger partial charge on any atom is 0.265 e. The highest BCUT2D eigenvalue weighted by Gasteiger charge is 2.33. The molecule has 2 atom stereocenters. The molecule has 0 radical (unpaired) electrons. The number of para-hydroxylation sites is 2. The van der Waals surface area contributed by atoms with Crippen molar-refractivity contribution in [3.8, 4) is 11.5 Å². The average Bonchev–Trinajstić information content (AvgIpc) is 2.95. The van der Waals surface area contributed by atoms with Crippen LogP contribution in [-0.4, -0.2) is 52.1 Å². The Morgan fingerprint density at radius 3 is 2.44 bits per heavy atom. The van der Waals surface area contributed by atoms with Gasteiger partial charge < -0.3 is 19.7 Å². The van der Waals surface area contributed by atoms with Crippen LogP contribution in [0.5, 0.6) is 11.5 Å². The van der Waals surface area contributed by atoms with Gasteiger partial charge in [0.1, 0.15) is 11.5 Å². The van der Waals surface area contributed by atoms with Crippen LogP contribution in [0.4, 0.5) is 5.69 Å². The molecule has 3 aromatic carbocycles. The van der Waals surface area contributed by atoms with E-state index in [1.807, 2.05) is 37.3 Å². The lowest BCUT2D eigenvalue weighted by molar-refractivity contribution is -0.128. The van der Waals surface area contributed by atoms with E-state index in [2.05, 4.69) is 10.0 Å². The Labute approximate surface area is 229 Å². The molecule has 2 N–H and O–H groups in total. The molecule has 39 heavy (non-hydrogen) atoms. The molecular formula is C29H33N3O6S. The topological polar surface area (TPSA) is 114 Å². The van der Waals surface area contributed by atoms with Crippen LogP contribution in [0.1, 0.15) is 25.8 Å². The van der Waals surface area contributed by atoms with Gasteiger partial charge in [0.25, 0.3) is 11.8 Å². The van der Waals surface area contributed by atoms with Gasteiger partial charge in [-0.2, -0.15) is 0 Å². The summed E-state index contributed by atoms with van der Waals surface area (Å²) in [6.45, 7) is 3.88. The third-order valence-electron chi connectivity index (χ3n) is 6.39. The predicted molar refractivity (Wildman–Crippen MR) is 148 cm³/mol. The van der Waals surface area contributed by atoms with E-state index in [4.69, 9.17) is 9.47 Å². The van der Waals surface area contributed by atoms with Crippen molar-refractivity contribution >= 4 is 27.5 Å². The number of benzene rings is 3. The van der Waals surface area contributed by atoms with Crippen LogP contribution in [0, 0.1) is 0 Å². The van der Waals surface area contributed by atoms with Gasteiger partial charge >= 0.3 is 0 Å². The molecule has 0 aliphatic carbocycles. The van der Waals surface area contributed by atoms with Crippen molar-refractivity contribution in [1.82, 2.24) is 10.0 Å². The second-order valence-electron chi connectivity index (χ2n) is 9.30. The molecule has 206 valence electrons. The first-order chi connectivity index (χ1) is 18.8.